The number of carbonyl (C=O) groups is 2. The number of amides is 2. The SMILES string of the molecule is O=C1NC(=O)c2c1c1ccccc1c(=O)c1[nH]c3ccc(O)cc3c21. The monoisotopic (exact) mass is 330 g/mol. The number of aromatic nitrogens is 1. The van der Waals surface area contributed by atoms with Crippen molar-refractivity contribution >= 4 is 44.4 Å². The Balaban J connectivity index is 2.23. The van der Waals surface area contributed by atoms with E-state index in [0.29, 0.717) is 27.1 Å². The molecule has 120 valence electrons. The number of aromatic hydroxyl groups is 1. The number of phenols is 1. The smallest absolute Gasteiger partial charge is 0.259 e. The van der Waals surface area contributed by atoms with Gasteiger partial charge in [0.1, 0.15) is 5.75 Å². The van der Waals surface area contributed by atoms with E-state index in [1.54, 1.807) is 30.3 Å². The first-order valence-corrected chi connectivity index (χ1v) is 7.65. The lowest BCUT2D eigenvalue weighted by Gasteiger charge is -1.97. The average molecular weight is 330 g/mol. The van der Waals surface area contributed by atoms with E-state index < -0.39 is 11.8 Å². The Labute approximate surface area is 139 Å². The second-order valence-electron chi connectivity index (χ2n) is 6.01. The number of hydrogen-bond donors (Lipinski definition) is 3. The molecule has 2 heterocycles. The third kappa shape index (κ3) is 1.65. The number of rotatable bonds is 0. The maximum Gasteiger partial charge on any atom is 0.259 e. The first-order valence-electron chi connectivity index (χ1n) is 7.65. The van der Waals surface area contributed by atoms with Gasteiger partial charge in [-0.1, -0.05) is 24.3 Å². The summed E-state index contributed by atoms with van der Waals surface area (Å²) in [5.74, 6) is -1.06. The van der Waals surface area contributed by atoms with Crippen molar-refractivity contribution in [3.05, 3.63) is 63.8 Å². The van der Waals surface area contributed by atoms with Crippen molar-refractivity contribution in [2.75, 3.05) is 0 Å². The van der Waals surface area contributed by atoms with Gasteiger partial charge in [-0.15, -0.1) is 0 Å². The molecule has 3 N–H and O–H groups in total. The fourth-order valence-electron chi connectivity index (χ4n) is 3.59. The van der Waals surface area contributed by atoms with Gasteiger partial charge in [0, 0.05) is 21.7 Å². The summed E-state index contributed by atoms with van der Waals surface area (Å²) in [5, 5.41) is 13.8. The van der Waals surface area contributed by atoms with Crippen molar-refractivity contribution in [2.24, 2.45) is 0 Å². The maximum absolute atomic E-state index is 13.1. The summed E-state index contributed by atoms with van der Waals surface area (Å²) in [6.45, 7) is 0. The molecule has 0 fully saturated rings. The summed E-state index contributed by atoms with van der Waals surface area (Å²) in [5.41, 5.74) is 0.904. The number of fused-ring (bicyclic) bond motifs is 7. The number of carbonyl (C=O) groups excluding carboxylic acids is 2. The summed E-state index contributed by atoms with van der Waals surface area (Å²) >= 11 is 0. The number of H-pyrrole nitrogens is 1. The lowest BCUT2D eigenvalue weighted by Crippen LogP contribution is -2.20. The summed E-state index contributed by atoms with van der Waals surface area (Å²) in [7, 11) is 0. The van der Waals surface area contributed by atoms with Crippen LogP contribution in [0.15, 0.2) is 47.3 Å². The van der Waals surface area contributed by atoms with E-state index in [1.807, 2.05) is 0 Å². The molecule has 1 aromatic heterocycles. The predicted octanol–water partition coefficient (Wildman–Crippen LogP) is 2.42. The van der Waals surface area contributed by atoms with Crippen LogP contribution in [0, 0.1) is 0 Å². The van der Waals surface area contributed by atoms with E-state index in [2.05, 4.69) is 10.3 Å². The van der Waals surface area contributed by atoms with Gasteiger partial charge in [-0.2, -0.15) is 0 Å². The van der Waals surface area contributed by atoms with Crippen LogP contribution in [-0.4, -0.2) is 21.9 Å². The molecule has 0 radical (unpaired) electrons. The van der Waals surface area contributed by atoms with Crippen molar-refractivity contribution in [2.45, 2.75) is 0 Å². The van der Waals surface area contributed by atoms with Gasteiger partial charge in [-0.3, -0.25) is 19.7 Å². The second kappa shape index (κ2) is 4.45. The molecule has 0 saturated carbocycles. The molecular weight excluding hydrogens is 320 g/mol. The fraction of sp³-hybridized carbons (Fsp3) is 0. The van der Waals surface area contributed by atoms with Crippen LogP contribution in [-0.2, 0) is 0 Å². The highest BCUT2D eigenvalue weighted by Gasteiger charge is 2.32. The van der Waals surface area contributed by atoms with Gasteiger partial charge in [0.25, 0.3) is 11.8 Å². The van der Waals surface area contributed by atoms with E-state index >= 15 is 0 Å². The number of nitrogens with one attached hydrogen (secondary N) is 2. The van der Waals surface area contributed by atoms with Gasteiger partial charge in [-0.25, -0.2) is 0 Å². The molecule has 6 nitrogen and oxygen atoms in total. The first kappa shape index (κ1) is 13.7. The van der Waals surface area contributed by atoms with Crippen LogP contribution in [0.2, 0.25) is 0 Å². The topological polar surface area (TPSA) is 99.3 Å². The van der Waals surface area contributed by atoms with Crippen molar-refractivity contribution in [1.82, 2.24) is 10.3 Å². The zero-order valence-electron chi connectivity index (χ0n) is 12.7. The van der Waals surface area contributed by atoms with Crippen molar-refractivity contribution in [1.29, 1.82) is 0 Å². The van der Waals surface area contributed by atoms with Crippen LogP contribution >= 0.6 is 0 Å². The largest absolute Gasteiger partial charge is 0.508 e. The van der Waals surface area contributed by atoms with Gasteiger partial charge in [0.15, 0.2) is 0 Å². The number of aromatic amines is 1. The van der Waals surface area contributed by atoms with Crippen molar-refractivity contribution in [3.63, 3.8) is 0 Å². The molecule has 0 atom stereocenters. The highest BCUT2D eigenvalue weighted by Crippen LogP contribution is 2.34. The van der Waals surface area contributed by atoms with E-state index in [-0.39, 0.29) is 27.8 Å². The molecular formula is C19H10N2O4. The molecule has 0 aliphatic carbocycles. The minimum atomic E-state index is -0.546. The molecule has 0 spiro atoms. The van der Waals surface area contributed by atoms with E-state index in [4.69, 9.17) is 0 Å². The minimum Gasteiger partial charge on any atom is -0.508 e. The lowest BCUT2D eigenvalue weighted by molar-refractivity contribution is 0.0880. The Morgan fingerprint density at radius 2 is 1.52 bits per heavy atom. The van der Waals surface area contributed by atoms with Gasteiger partial charge in [0.2, 0.25) is 5.43 Å². The van der Waals surface area contributed by atoms with Gasteiger partial charge < -0.3 is 10.1 Å². The first-order chi connectivity index (χ1) is 12.1. The van der Waals surface area contributed by atoms with Crippen molar-refractivity contribution < 1.29 is 14.7 Å². The Hall–Kier alpha value is -3.67. The summed E-state index contributed by atoms with van der Waals surface area (Å²) in [4.78, 5) is 41.0. The maximum atomic E-state index is 13.1. The van der Waals surface area contributed by atoms with Crippen LogP contribution in [0.1, 0.15) is 20.7 Å². The van der Waals surface area contributed by atoms with Gasteiger partial charge in [-0.05, 0) is 23.6 Å². The predicted molar refractivity (Wildman–Crippen MR) is 93.0 cm³/mol. The molecule has 2 amide bonds. The summed E-state index contributed by atoms with van der Waals surface area (Å²) < 4.78 is 0. The van der Waals surface area contributed by atoms with E-state index in [0.717, 1.165) is 0 Å². The molecule has 1 aliphatic rings. The van der Waals surface area contributed by atoms with Crippen molar-refractivity contribution in [3.8, 4) is 5.75 Å². The zero-order valence-corrected chi connectivity index (χ0v) is 12.7. The number of imide groups is 1. The molecule has 25 heavy (non-hydrogen) atoms. The minimum absolute atomic E-state index is 0.00962. The molecule has 5 rings (SSSR count). The number of benzene rings is 2. The van der Waals surface area contributed by atoms with Crippen LogP contribution < -0.4 is 10.7 Å². The van der Waals surface area contributed by atoms with Gasteiger partial charge >= 0.3 is 0 Å². The molecule has 4 aromatic rings. The average Bonchev–Trinajstić information content (AvgIpc) is 3.06. The number of hydrogen-bond acceptors (Lipinski definition) is 4. The van der Waals surface area contributed by atoms with Gasteiger partial charge in [0.05, 0.1) is 16.6 Å². The second-order valence-corrected chi connectivity index (χ2v) is 6.01. The lowest BCUT2D eigenvalue weighted by atomic mass is 10.0. The Kier molecular flexibility index (Phi) is 2.44. The standard InChI is InChI=1S/C19H10N2O4/c22-8-5-6-12-11(7-8)13-15-14(18(24)21-19(15)25)9-3-1-2-4-10(9)17(23)16(13)20-12/h1-7,20,22H,(H,21,24,25). The highest BCUT2D eigenvalue weighted by molar-refractivity contribution is 6.33. The quantitative estimate of drug-likeness (QED) is 0.431. The normalized spacial score (nSPS) is 13.6. The van der Waals surface area contributed by atoms with Crippen LogP contribution in [0.3, 0.4) is 0 Å². The highest BCUT2D eigenvalue weighted by atomic mass is 16.3. The molecule has 0 bridgehead atoms. The third-order valence-electron chi connectivity index (χ3n) is 4.63. The molecule has 3 aromatic carbocycles. The summed E-state index contributed by atoms with van der Waals surface area (Å²) in [6, 6.07) is 11.3. The number of phenolic OH excluding ortho intramolecular Hbond substituents is 1. The Bertz CT molecular complexity index is 1330. The summed E-state index contributed by atoms with van der Waals surface area (Å²) in [6.07, 6.45) is 0. The van der Waals surface area contributed by atoms with E-state index in [9.17, 15) is 19.5 Å². The molecule has 0 unspecified atom stereocenters. The van der Waals surface area contributed by atoms with E-state index in [1.165, 1.54) is 12.1 Å². The molecule has 6 heteroatoms. The molecule has 0 saturated heterocycles. The van der Waals surface area contributed by atoms with Crippen LogP contribution in [0.5, 0.6) is 5.75 Å². The third-order valence-corrected chi connectivity index (χ3v) is 4.63. The molecule has 1 aliphatic heterocycles. The fourth-order valence-corrected chi connectivity index (χ4v) is 3.59. The zero-order chi connectivity index (χ0) is 17.3. The Morgan fingerprint density at radius 3 is 2.32 bits per heavy atom. The van der Waals surface area contributed by atoms with Crippen LogP contribution in [0.25, 0.3) is 32.6 Å². The Morgan fingerprint density at radius 1 is 0.800 bits per heavy atom. The van der Waals surface area contributed by atoms with Crippen LogP contribution in [0.4, 0.5) is 0 Å².